The molecule has 1 fully saturated rings. The van der Waals surface area contributed by atoms with Crippen LogP contribution in [0.1, 0.15) is 39.0 Å². The maximum absolute atomic E-state index is 11.8. The van der Waals surface area contributed by atoms with Crippen molar-refractivity contribution in [2.75, 3.05) is 6.54 Å². The molecule has 1 saturated carbocycles. The molecule has 1 amide bonds. The summed E-state index contributed by atoms with van der Waals surface area (Å²) in [5, 5.41) is 8.72. The minimum atomic E-state index is -0.954. The number of hydrogen-bond acceptors (Lipinski definition) is 3. The van der Waals surface area contributed by atoms with Crippen molar-refractivity contribution < 1.29 is 14.7 Å². The molecule has 5 nitrogen and oxygen atoms in total. The Morgan fingerprint density at radius 3 is 2.56 bits per heavy atom. The highest BCUT2D eigenvalue weighted by molar-refractivity contribution is 5.82. The molecule has 1 rings (SSSR count). The standard InChI is InChI=1S/C11H20N2O3/c1-2-3-8(12)6-10(14)13(7-11(15)16)9-4-5-9/h8-9H,2-7,12H2,1H3,(H,15,16). The third-order valence-corrected chi connectivity index (χ3v) is 2.71. The van der Waals surface area contributed by atoms with Crippen LogP contribution < -0.4 is 5.73 Å². The van der Waals surface area contributed by atoms with Gasteiger partial charge < -0.3 is 15.7 Å². The number of carbonyl (C=O) groups is 2. The molecule has 0 aromatic heterocycles. The van der Waals surface area contributed by atoms with Gasteiger partial charge in [-0.1, -0.05) is 13.3 Å². The van der Waals surface area contributed by atoms with Gasteiger partial charge in [-0.3, -0.25) is 9.59 Å². The highest BCUT2D eigenvalue weighted by atomic mass is 16.4. The van der Waals surface area contributed by atoms with Crippen molar-refractivity contribution in [3.05, 3.63) is 0 Å². The van der Waals surface area contributed by atoms with Gasteiger partial charge in [-0.2, -0.15) is 0 Å². The van der Waals surface area contributed by atoms with Crippen molar-refractivity contribution in [2.45, 2.75) is 51.1 Å². The molecule has 0 spiro atoms. The predicted octanol–water partition coefficient (Wildman–Crippen LogP) is 0.580. The van der Waals surface area contributed by atoms with Gasteiger partial charge in [0.25, 0.3) is 0 Å². The number of nitrogens with zero attached hydrogens (tertiary/aromatic N) is 1. The maximum atomic E-state index is 11.8. The van der Waals surface area contributed by atoms with Gasteiger partial charge in [-0.25, -0.2) is 0 Å². The summed E-state index contributed by atoms with van der Waals surface area (Å²) in [6.07, 6.45) is 3.84. The zero-order valence-corrected chi connectivity index (χ0v) is 9.69. The molecule has 3 N–H and O–H groups in total. The molecule has 0 saturated heterocycles. The van der Waals surface area contributed by atoms with Crippen molar-refractivity contribution in [1.82, 2.24) is 4.90 Å². The zero-order valence-electron chi connectivity index (χ0n) is 9.69. The molecule has 1 aliphatic carbocycles. The molecular weight excluding hydrogens is 208 g/mol. The molecule has 0 aliphatic heterocycles. The molecule has 1 atom stereocenters. The number of amides is 1. The predicted molar refractivity (Wildman–Crippen MR) is 59.9 cm³/mol. The Morgan fingerprint density at radius 2 is 2.12 bits per heavy atom. The third kappa shape index (κ3) is 4.18. The zero-order chi connectivity index (χ0) is 12.1. The fourth-order valence-electron chi connectivity index (χ4n) is 1.77. The van der Waals surface area contributed by atoms with Crippen LogP contribution in [0.5, 0.6) is 0 Å². The second-order valence-electron chi connectivity index (χ2n) is 4.40. The van der Waals surface area contributed by atoms with E-state index in [0.29, 0.717) is 0 Å². The van der Waals surface area contributed by atoms with Gasteiger partial charge in [-0.15, -0.1) is 0 Å². The van der Waals surface area contributed by atoms with Gasteiger partial charge in [0.05, 0.1) is 0 Å². The molecule has 92 valence electrons. The van der Waals surface area contributed by atoms with E-state index in [1.165, 1.54) is 4.90 Å². The highest BCUT2D eigenvalue weighted by Gasteiger charge is 2.33. The molecule has 0 aromatic rings. The van der Waals surface area contributed by atoms with Crippen molar-refractivity contribution in [1.29, 1.82) is 0 Å². The van der Waals surface area contributed by atoms with E-state index in [9.17, 15) is 9.59 Å². The average Bonchev–Trinajstić information content (AvgIpc) is 2.97. The van der Waals surface area contributed by atoms with Crippen molar-refractivity contribution in [2.24, 2.45) is 5.73 Å². The monoisotopic (exact) mass is 228 g/mol. The maximum Gasteiger partial charge on any atom is 0.323 e. The third-order valence-electron chi connectivity index (χ3n) is 2.71. The molecule has 16 heavy (non-hydrogen) atoms. The Bertz CT molecular complexity index is 264. The van der Waals surface area contributed by atoms with Gasteiger partial charge in [0.2, 0.25) is 5.91 Å². The summed E-state index contributed by atoms with van der Waals surface area (Å²) < 4.78 is 0. The second-order valence-corrected chi connectivity index (χ2v) is 4.40. The summed E-state index contributed by atoms with van der Waals surface area (Å²) in [4.78, 5) is 23.9. The lowest BCUT2D eigenvalue weighted by atomic mass is 10.1. The molecular formula is C11H20N2O3. The van der Waals surface area contributed by atoms with Crippen LogP contribution >= 0.6 is 0 Å². The molecule has 0 radical (unpaired) electrons. The first-order valence-electron chi connectivity index (χ1n) is 5.81. The van der Waals surface area contributed by atoms with Gasteiger partial charge in [0.1, 0.15) is 6.54 Å². The second kappa shape index (κ2) is 5.84. The number of carboxylic acids is 1. The summed E-state index contributed by atoms with van der Waals surface area (Å²) in [7, 11) is 0. The topological polar surface area (TPSA) is 83.6 Å². The SMILES string of the molecule is CCCC(N)CC(=O)N(CC(=O)O)C1CC1. The molecule has 0 bridgehead atoms. The first kappa shape index (κ1) is 13.0. The molecule has 5 heteroatoms. The minimum Gasteiger partial charge on any atom is -0.480 e. The van der Waals surface area contributed by atoms with E-state index in [-0.39, 0.29) is 31.0 Å². The highest BCUT2D eigenvalue weighted by Crippen LogP contribution is 2.27. The van der Waals surface area contributed by atoms with Gasteiger partial charge in [-0.05, 0) is 19.3 Å². The van der Waals surface area contributed by atoms with E-state index in [4.69, 9.17) is 10.8 Å². The quantitative estimate of drug-likeness (QED) is 0.667. The van der Waals surface area contributed by atoms with Crippen molar-refractivity contribution >= 4 is 11.9 Å². The van der Waals surface area contributed by atoms with Gasteiger partial charge >= 0.3 is 5.97 Å². The Kier molecular flexibility index (Phi) is 4.73. The largest absolute Gasteiger partial charge is 0.480 e. The number of carbonyl (C=O) groups excluding carboxylic acids is 1. The van der Waals surface area contributed by atoms with E-state index < -0.39 is 5.97 Å². The van der Waals surface area contributed by atoms with Gasteiger partial charge in [0, 0.05) is 18.5 Å². The first-order valence-corrected chi connectivity index (χ1v) is 5.81. The summed E-state index contributed by atoms with van der Waals surface area (Å²) in [6.45, 7) is 1.82. The number of aliphatic carboxylic acids is 1. The summed E-state index contributed by atoms with van der Waals surface area (Å²) in [5.74, 6) is -1.07. The van der Waals surface area contributed by atoms with Crippen LogP contribution in [0.25, 0.3) is 0 Å². The van der Waals surface area contributed by atoms with Crippen LogP contribution in [0.4, 0.5) is 0 Å². The summed E-state index contributed by atoms with van der Waals surface area (Å²) in [6, 6.07) is -0.00929. The smallest absolute Gasteiger partial charge is 0.323 e. The van der Waals surface area contributed by atoms with Crippen LogP contribution in [-0.4, -0.2) is 40.5 Å². The average molecular weight is 228 g/mol. The van der Waals surface area contributed by atoms with Crippen LogP contribution in [-0.2, 0) is 9.59 Å². The normalized spacial score (nSPS) is 16.9. The number of carboxylic acid groups (broad SMARTS) is 1. The molecule has 0 aromatic carbocycles. The molecule has 1 unspecified atom stereocenters. The van der Waals surface area contributed by atoms with Crippen molar-refractivity contribution in [3.8, 4) is 0 Å². The Hall–Kier alpha value is -1.10. The van der Waals surface area contributed by atoms with E-state index in [0.717, 1.165) is 25.7 Å². The van der Waals surface area contributed by atoms with E-state index >= 15 is 0 Å². The first-order chi connectivity index (χ1) is 7.54. The van der Waals surface area contributed by atoms with E-state index in [1.54, 1.807) is 0 Å². The van der Waals surface area contributed by atoms with Crippen molar-refractivity contribution in [3.63, 3.8) is 0 Å². The Balaban J connectivity index is 2.44. The van der Waals surface area contributed by atoms with E-state index in [1.807, 2.05) is 6.92 Å². The summed E-state index contributed by atoms with van der Waals surface area (Å²) in [5.41, 5.74) is 5.78. The number of hydrogen-bond donors (Lipinski definition) is 2. The lowest BCUT2D eigenvalue weighted by molar-refractivity contribution is -0.145. The van der Waals surface area contributed by atoms with Crippen LogP contribution in [0.2, 0.25) is 0 Å². The van der Waals surface area contributed by atoms with Crippen LogP contribution in [0.3, 0.4) is 0 Å². The molecule has 0 heterocycles. The Labute approximate surface area is 95.6 Å². The number of rotatable bonds is 7. The summed E-state index contributed by atoms with van der Waals surface area (Å²) >= 11 is 0. The lowest BCUT2D eigenvalue weighted by Crippen LogP contribution is -2.40. The van der Waals surface area contributed by atoms with Crippen LogP contribution in [0.15, 0.2) is 0 Å². The van der Waals surface area contributed by atoms with Gasteiger partial charge in [0.15, 0.2) is 0 Å². The van der Waals surface area contributed by atoms with E-state index in [2.05, 4.69) is 0 Å². The Morgan fingerprint density at radius 1 is 1.50 bits per heavy atom. The van der Waals surface area contributed by atoms with Crippen LogP contribution in [0, 0.1) is 0 Å². The molecule has 1 aliphatic rings. The fourth-order valence-corrected chi connectivity index (χ4v) is 1.77. The fraction of sp³-hybridized carbons (Fsp3) is 0.818. The minimum absolute atomic E-state index is 0.120. The lowest BCUT2D eigenvalue weighted by Gasteiger charge is -2.22. The number of nitrogens with two attached hydrogens (primary N) is 1.